The van der Waals surface area contributed by atoms with Crippen molar-refractivity contribution < 1.29 is 0 Å². The molecule has 0 radical (unpaired) electrons. The van der Waals surface area contributed by atoms with Crippen LogP contribution in [0.15, 0.2) is 140 Å². The van der Waals surface area contributed by atoms with Gasteiger partial charge in [-0.25, -0.2) is 9.97 Å². The van der Waals surface area contributed by atoms with Gasteiger partial charge in [0.15, 0.2) is 0 Å². The monoisotopic (exact) mass is 661 g/mol. The van der Waals surface area contributed by atoms with Gasteiger partial charge < -0.3 is 0 Å². The highest BCUT2D eigenvalue weighted by atomic mass is 32.1. The third-order valence-corrected chi connectivity index (χ3v) is 11.9. The van der Waals surface area contributed by atoms with E-state index in [0.29, 0.717) is 5.95 Å². The maximum absolute atomic E-state index is 5.36. The molecular formula is C42H23N5S2. The van der Waals surface area contributed by atoms with Crippen molar-refractivity contribution in [2.24, 2.45) is 0 Å². The van der Waals surface area contributed by atoms with E-state index in [9.17, 15) is 0 Å². The number of benzene rings is 5. The Morgan fingerprint density at radius 1 is 0.510 bits per heavy atom. The van der Waals surface area contributed by atoms with Crippen LogP contribution in [0.5, 0.6) is 0 Å². The molecule has 0 N–H and O–H groups in total. The average Bonchev–Trinajstić information content (AvgIpc) is 3.83. The molecule has 5 nitrogen and oxygen atoms in total. The van der Waals surface area contributed by atoms with Gasteiger partial charge in [-0.15, -0.1) is 22.7 Å². The molecule has 0 aliphatic rings. The lowest BCUT2D eigenvalue weighted by Gasteiger charge is -2.10. The molecular weight excluding hydrogens is 639 g/mol. The van der Waals surface area contributed by atoms with E-state index in [2.05, 4.69) is 118 Å². The van der Waals surface area contributed by atoms with Crippen LogP contribution in [0.2, 0.25) is 0 Å². The molecule has 6 aromatic heterocycles. The van der Waals surface area contributed by atoms with E-state index in [0.717, 1.165) is 59.9 Å². The highest BCUT2D eigenvalue weighted by Gasteiger charge is 2.21. The Hall–Kier alpha value is -6.02. The van der Waals surface area contributed by atoms with Crippen molar-refractivity contribution >= 4 is 95.7 Å². The first-order chi connectivity index (χ1) is 24.3. The quantitative estimate of drug-likeness (QED) is 0.189. The average molecular weight is 662 g/mol. The number of rotatable bonds is 3. The number of hydrogen-bond acceptors (Lipinski definition) is 6. The first kappa shape index (κ1) is 27.0. The smallest absolute Gasteiger partial charge is 0.235 e. The van der Waals surface area contributed by atoms with Crippen LogP contribution in [0.3, 0.4) is 0 Å². The molecule has 5 aromatic carbocycles. The fourth-order valence-corrected chi connectivity index (χ4v) is 9.69. The van der Waals surface area contributed by atoms with Gasteiger partial charge in [0.25, 0.3) is 0 Å². The number of pyridine rings is 2. The van der Waals surface area contributed by atoms with Gasteiger partial charge in [0.1, 0.15) is 0 Å². The van der Waals surface area contributed by atoms with Crippen LogP contribution in [-0.4, -0.2) is 24.5 Å². The fraction of sp³-hybridized carbons (Fsp3) is 0. The Balaban J connectivity index is 1.28. The van der Waals surface area contributed by atoms with E-state index in [4.69, 9.17) is 9.97 Å². The Morgan fingerprint density at radius 2 is 1.33 bits per heavy atom. The summed E-state index contributed by atoms with van der Waals surface area (Å²) in [5.41, 5.74) is 6.95. The summed E-state index contributed by atoms with van der Waals surface area (Å²) in [6, 6.07) is 43.1. The first-order valence-corrected chi connectivity index (χ1v) is 17.8. The molecule has 0 fully saturated rings. The third kappa shape index (κ3) is 3.97. The molecule has 0 amide bonds. The highest BCUT2D eigenvalue weighted by molar-refractivity contribution is 7.27. The Bertz CT molecular complexity index is 3100. The second-order valence-electron chi connectivity index (χ2n) is 12.3. The standard InChI is InChI=1S/C42H23N5S2/c1-3-12-36-27(9-1)28-16-14-24-21-35-32(22-30(24)40(28)48-36)31-20-25(33-11-5-6-19-44-33)15-17-34(31)47(35)42-45-38(26-8-7-18-43-23-26)41-39(46-42)29-10-2-4-13-37(29)49-41/h1-23H. The van der Waals surface area contributed by atoms with Gasteiger partial charge in [-0.2, -0.15) is 0 Å². The van der Waals surface area contributed by atoms with Gasteiger partial charge in [-0.3, -0.25) is 14.5 Å². The van der Waals surface area contributed by atoms with Gasteiger partial charge in [0.2, 0.25) is 5.95 Å². The third-order valence-electron chi connectivity index (χ3n) is 9.55. The molecule has 0 aliphatic heterocycles. The summed E-state index contributed by atoms with van der Waals surface area (Å²) >= 11 is 3.60. The second-order valence-corrected chi connectivity index (χ2v) is 14.4. The summed E-state index contributed by atoms with van der Waals surface area (Å²) in [6.45, 7) is 0. The van der Waals surface area contributed by atoms with Crippen molar-refractivity contribution in [3.63, 3.8) is 0 Å². The molecule has 0 saturated carbocycles. The maximum Gasteiger partial charge on any atom is 0.235 e. The van der Waals surface area contributed by atoms with E-state index < -0.39 is 0 Å². The lowest BCUT2D eigenvalue weighted by molar-refractivity contribution is 1.02. The van der Waals surface area contributed by atoms with Crippen LogP contribution >= 0.6 is 22.7 Å². The summed E-state index contributed by atoms with van der Waals surface area (Å²) in [4.78, 5) is 19.9. The molecule has 7 heteroatoms. The Morgan fingerprint density at radius 3 is 2.18 bits per heavy atom. The predicted octanol–water partition coefficient (Wildman–Crippen LogP) is 11.6. The molecule has 11 aromatic rings. The Labute approximate surface area is 287 Å². The van der Waals surface area contributed by atoms with Crippen LogP contribution in [0.25, 0.3) is 102 Å². The number of thiophene rings is 2. The zero-order valence-electron chi connectivity index (χ0n) is 25.8. The lowest BCUT2D eigenvalue weighted by atomic mass is 10.0. The van der Waals surface area contributed by atoms with Crippen molar-refractivity contribution in [2.45, 2.75) is 0 Å². The molecule has 0 unspecified atom stereocenters. The van der Waals surface area contributed by atoms with Gasteiger partial charge in [-0.1, -0.05) is 60.7 Å². The molecule has 0 atom stereocenters. The number of nitrogens with zero attached hydrogens (tertiary/aromatic N) is 5. The van der Waals surface area contributed by atoms with Crippen LogP contribution in [0.4, 0.5) is 0 Å². The summed E-state index contributed by atoms with van der Waals surface area (Å²) in [5.74, 6) is 0.641. The van der Waals surface area contributed by atoms with Gasteiger partial charge in [-0.05, 0) is 66.0 Å². The predicted molar refractivity (Wildman–Crippen MR) is 206 cm³/mol. The number of fused-ring (bicyclic) bond motifs is 11. The van der Waals surface area contributed by atoms with Crippen molar-refractivity contribution in [1.82, 2.24) is 24.5 Å². The van der Waals surface area contributed by atoms with E-state index in [1.54, 1.807) is 17.5 Å². The van der Waals surface area contributed by atoms with E-state index in [1.165, 1.54) is 35.6 Å². The molecule has 11 rings (SSSR count). The van der Waals surface area contributed by atoms with Gasteiger partial charge in [0, 0.05) is 76.1 Å². The zero-order valence-corrected chi connectivity index (χ0v) is 27.5. The molecule has 0 spiro atoms. The van der Waals surface area contributed by atoms with Crippen LogP contribution in [0.1, 0.15) is 0 Å². The molecule has 0 bridgehead atoms. The van der Waals surface area contributed by atoms with Crippen molar-refractivity contribution in [3.05, 3.63) is 140 Å². The summed E-state index contributed by atoms with van der Waals surface area (Å²) < 4.78 is 7.11. The summed E-state index contributed by atoms with van der Waals surface area (Å²) in [7, 11) is 0. The molecule has 0 aliphatic carbocycles. The van der Waals surface area contributed by atoms with Crippen LogP contribution < -0.4 is 0 Å². The normalized spacial score (nSPS) is 12.1. The number of hydrogen-bond donors (Lipinski definition) is 0. The lowest BCUT2D eigenvalue weighted by Crippen LogP contribution is -2.03. The maximum atomic E-state index is 5.36. The molecule has 49 heavy (non-hydrogen) atoms. The Kier molecular flexibility index (Phi) is 5.64. The first-order valence-electron chi connectivity index (χ1n) is 16.1. The minimum atomic E-state index is 0.641. The molecule has 228 valence electrons. The topological polar surface area (TPSA) is 56.5 Å². The van der Waals surface area contributed by atoms with Gasteiger partial charge >= 0.3 is 0 Å². The number of aromatic nitrogens is 5. The van der Waals surface area contributed by atoms with Crippen molar-refractivity contribution in [2.75, 3.05) is 0 Å². The molecule has 0 saturated heterocycles. The molecule has 6 heterocycles. The highest BCUT2D eigenvalue weighted by Crippen LogP contribution is 2.43. The van der Waals surface area contributed by atoms with Crippen molar-refractivity contribution in [1.29, 1.82) is 0 Å². The second kappa shape index (κ2) is 10.2. The van der Waals surface area contributed by atoms with Gasteiger partial charge in [0.05, 0.1) is 32.6 Å². The largest absolute Gasteiger partial charge is 0.278 e. The van der Waals surface area contributed by atoms with E-state index in [1.807, 2.05) is 41.9 Å². The van der Waals surface area contributed by atoms with Crippen LogP contribution in [0, 0.1) is 0 Å². The van der Waals surface area contributed by atoms with E-state index >= 15 is 0 Å². The zero-order chi connectivity index (χ0) is 32.1. The SMILES string of the molecule is c1ccc(-c2ccc3c(c2)c2cc4c(ccc5c6ccccc6sc45)cc2n3-c2nc(-c3cccnc3)c3sc4ccccc4c3n2)nc1. The van der Waals surface area contributed by atoms with Crippen molar-refractivity contribution in [3.8, 4) is 28.5 Å². The fourth-order valence-electron chi connectivity index (χ4n) is 7.31. The minimum Gasteiger partial charge on any atom is -0.278 e. The van der Waals surface area contributed by atoms with E-state index in [-0.39, 0.29) is 0 Å². The minimum absolute atomic E-state index is 0.641. The van der Waals surface area contributed by atoms with Crippen LogP contribution in [-0.2, 0) is 0 Å². The summed E-state index contributed by atoms with van der Waals surface area (Å²) in [5, 5.41) is 8.47. The summed E-state index contributed by atoms with van der Waals surface area (Å²) in [6.07, 6.45) is 5.55.